The molecule has 0 fully saturated rings. The molecule has 0 aliphatic rings. The lowest BCUT2D eigenvalue weighted by Crippen LogP contribution is -2.40. The number of benzene rings is 1. The summed E-state index contributed by atoms with van der Waals surface area (Å²) >= 11 is 5.68. The minimum atomic E-state index is -0.585. The maximum Gasteiger partial charge on any atom is 0.253 e. The van der Waals surface area contributed by atoms with Crippen LogP contribution in [0.25, 0.3) is 0 Å². The maximum atomic E-state index is 13.1. The second kappa shape index (κ2) is 4.19. The molecule has 4 heteroatoms. The van der Waals surface area contributed by atoms with E-state index in [1.54, 1.807) is 0 Å². The summed E-state index contributed by atoms with van der Waals surface area (Å²) in [5.41, 5.74) is -0.209. The first-order valence-corrected chi connectivity index (χ1v) is 4.95. The van der Waals surface area contributed by atoms with E-state index in [1.165, 1.54) is 18.2 Å². The number of carbonyl (C=O) groups is 1. The van der Waals surface area contributed by atoms with Crippen LogP contribution in [0.4, 0.5) is 4.39 Å². The molecule has 1 rings (SSSR count). The van der Waals surface area contributed by atoms with Crippen LogP contribution in [0.15, 0.2) is 18.2 Å². The lowest BCUT2D eigenvalue weighted by atomic mass is 10.1. The van der Waals surface area contributed by atoms with Crippen molar-refractivity contribution in [2.45, 2.75) is 26.3 Å². The van der Waals surface area contributed by atoms with Crippen molar-refractivity contribution in [3.05, 3.63) is 34.6 Å². The summed E-state index contributed by atoms with van der Waals surface area (Å²) in [6, 6.07) is 4.17. The molecular weight excluding hydrogens is 217 g/mol. The summed E-state index contributed by atoms with van der Waals surface area (Å²) in [5, 5.41) is 2.57. The molecule has 0 bridgehead atoms. The third-order valence-electron chi connectivity index (χ3n) is 1.68. The van der Waals surface area contributed by atoms with Crippen LogP contribution in [0.1, 0.15) is 31.1 Å². The first kappa shape index (κ1) is 12.0. The number of hydrogen-bond acceptors (Lipinski definition) is 1. The molecule has 2 nitrogen and oxygen atoms in total. The molecular formula is C11H13ClFNO. The lowest BCUT2D eigenvalue weighted by molar-refractivity contribution is 0.0919. The van der Waals surface area contributed by atoms with E-state index in [4.69, 9.17) is 11.6 Å². The van der Waals surface area contributed by atoms with Gasteiger partial charge in [0.1, 0.15) is 5.82 Å². The van der Waals surface area contributed by atoms with Gasteiger partial charge in [0.25, 0.3) is 5.91 Å². The van der Waals surface area contributed by atoms with Crippen LogP contribution in [0.5, 0.6) is 0 Å². The standard InChI is InChI=1S/C11H13ClFNO/c1-11(2,3)14-10(15)7-5-4-6-8(13)9(7)12/h4-6H,1-3H3,(H,14,15). The van der Waals surface area contributed by atoms with E-state index in [-0.39, 0.29) is 22.0 Å². The molecule has 0 saturated carbocycles. The van der Waals surface area contributed by atoms with Crippen molar-refractivity contribution in [1.82, 2.24) is 5.32 Å². The van der Waals surface area contributed by atoms with Gasteiger partial charge in [-0.15, -0.1) is 0 Å². The normalized spacial score (nSPS) is 11.3. The third kappa shape index (κ3) is 3.20. The Morgan fingerprint density at radius 1 is 1.40 bits per heavy atom. The Labute approximate surface area is 93.4 Å². The second-order valence-corrected chi connectivity index (χ2v) is 4.68. The molecule has 0 aromatic heterocycles. The quantitative estimate of drug-likeness (QED) is 0.788. The van der Waals surface area contributed by atoms with Crippen molar-refractivity contribution in [3.8, 4) is 0 Å². The molecule has 0 atom stereocenters. The maximum absolute atomic E-state index is 13.1. The van der Waals surface area contributed by atoms with Crippen molar-refractivity contribution in [2.24, 2.45) is 0 Å². The predicted octanol–water partition coefficient (Wildman–Crippen LogP) is 3.01. The fraction of sp³-hybridized carbons (Fsp3) is 0.364. The summed E-state index contributed by atoms with van der Waals surface area (Å²) in [5.74, 6) is -0.953. The van der Waals surface area contributed by atoms with Crippen LogP contribution in [-0.2, 0) is 0 Å². The summed E-state index contributed by atoms with van der Waals surface area (Å²) in [6.07, 6.45) is 0. The molecule has 0 spiro atoms. The van der Waals surface area contributed by atoms with Gasteiger partial charge in [-0.05, 0) is 32.9 Å². The zero-order valence-corrected chi connectivity index (χ0v) is 9.65. The van der Waals surface area contributed by atoms with Crippen molar-refractivity contribution < 1.29 is 9.18 Å². The van der Waals surface area contributed by atoms with Crippen molar-refractivity contribution in [3.63, 3.8) is 0 Å². The summed E-state index contributed by atoms with van der Waals surface area (Å²) in [4.78, 5) is 11.7. The topological polar surface area (TPSA) is 29.1 Å². The number of hydrogen-bond donors (Lipinski definition) is 1. The molecule has 82 valence electrons. The average Bonchev–Trinajstić information content (AvgIpc) is 2.06. The van der Waals surface area contributed by atoms with Crippen LogP contribution in [0.3, 0.4) is 0 Å². The summed E-state index contributed by atoms with van der Waals surface area (Å²) < 4.78 is 13.1. The Hall–Kier alpha value is -1.09. The van der Waals surface area contributed by atoms with Gasteiger partial charge in [-0.25, -0.2) is 4.39 Å². The SMILES string of the molecule is CC(C)(C)NC(=O)c1cccc(F)c1Cl. The van der Waals surface area contributed by atoms with Gasteiger partial charge in [0.15, 0.2) is 0 Å². The summed E-state index contributed by atoms with van der Waals surface area (Å²) in [7, 11) is 0. The smallest absolute Gasteiger partial charge is 0.253 e. The van der Waals surface area contributed by atoms with Gasteiger partial charge in [-0.2, -0.15) is 0 Å². The molecule has 0 heterocycles. The molecule has 0 radical (unpaired) electrons. The van der Waals surface area contributed by atoms with Crippen LogP contribution in [0.2, 0.25) is 5.02 Å². The van der Waals surface area contributed by atoms with Gasteiger partial charge < -0.3 is 5.32 Å². The third-order valence-corrected chi connectivity index (χ3v) is 2.07. The van der Waals surface area contributed by atoms with E-state index in [0.717, 1.165) is 0 Å². The van der Waals surface area contributed by atoms with Gasteiger partial charge >= 0.3 is 0 Å². The first-order chi connectivity index (χ1) is 6.81. The Balaban J connectivity index is 2.97. The molecule has 15 heavy (non-hydrogen) atoms. The minimum Gasteiger partial charge on any atom is -0.347 e. The van der Waals surface area contributed by atoms with Crippen LogP contribution < -0.4 is 5.32 Å². The zero-order valence-electron chi connectivity index (χ0n) is 8.90. The highest BCUT2D eigenvalue weighted by atomic mass is 35.5. The van der Waals surface area contributed by atoms with E-state index in [2.05, 4.69) is 5.32 Å². The molecule has 1 amide bonds. The van der Waals surface area contributed by atoms with Gasteiger partial charge in [0, 0.05) is 5.54 Å². The Morgan fingerprint density at radius 2 is 2.00 bits per heavy atom. The monoisotopic (exact) mass is 229 g/mol. The molecule has 1 aromatic rings. The molecule has 1 N–H and O–H groups in total. The van der Waals surface area contributed by atoms with Crippen molar-refractivity contribution in [2.75, 3.05) is 0 Å². The van der Waals surface area contributed by atoms with Crippen LogP contribution in [-0.4, -0.2) is 11.4 Å². The van der Waals surface area contributed by atoms with Crippen LogP contribution in [0, 0.1) is 5.82 Å². The molecule has 0 unspecified atom stereocenters. The first-order valence-electron chi connectivity index (χ1n) is 4.58. The minimum absolute atomic E-state index is 0.140. The Morgan fingerprint density at radius 3 is 2.53 bits per heavy atom. The Kier molecular flexibility index (Phi) is 3.35. The van der Waals surface area contributed by atoms with Gasteiger partial charge in [-0.1, -0.05) is 17.7 Å². The second-order valence-electron chi connectivity index (χ2n) is 4.31. The highest BCUT2D eigenvalue weighted by Gasteiger charge is 2.18. The number of carbonyl (C=O) groups excluding carboxylic acids is 1. The number of rotatable bonds is 1. The number of nitrogens with one attached hydrogen (secondary N) is 1. The van der Waals surface area contributed by atoms with Gasteiger partial charge in [-0.3, -0.25) is 4.79 Å². The van der Waals surface area contributed by atoms with Gasteiger partial charge in [0.2, 0.25) is 0 Å². The lowest BCUT2D eigenvalue weighted by Gasteiger charge is -2.20. The van der Waals surface area contributed by atoms with Crippen molar-refractivity contribution >= 4 is 17.5 Å². The molecule has 0 aliphatic heterocycles. The molecule has 1 aromatic carbocycles. The fourth-order valence-corrected chi connectivity index (χ4v) is 1.30. The van der Waals surface area contributed by atoms with E-state index in [1.807, 2.05) is 20.8 Å². The highest BCUT2D eigenvalue weighted by Crippen LogP contribution is 2.20. The highest BCUT2D eigenvalue weighted by molar-refractivity contribution is 6.34. The number of halogens is 2. The molecule has 0 saturated heterocycles. The zero-order chi connectivity index (χ0) is 11.6. The summed E-state index contributed by atoms with van der Waals surface area (Å²) in [6.45, 7) is 5.54. The van der Waals surface area contributed by atoms with Crippen molar-refractivity contribution in [1.29, 1.82) is 0 Å². The fourth-order valence-electron chi connectivity index (χ4n) is 1.09. The molecule has 0 aliphatic carbocycles. The largest absolute Gasteiger partial charge is 0.347 e. The average molecular weight is 230 g/mol. The number of amides is 1. The van der Waals surface area contributed by atoms with E-state index < -0.39 is 5.82 Å². The van der Waals surface area contributed by atoms with Crippen LogP contribution >= 0.6 is 11.6 Å². The Bertz CT molecular complexity index is 385. The predicted molar refractivity (Wildman–Crippen MR) is 58.6 cm³/mol. The van der Waals surface area contributed by atoms with E-state index >= 15 is 0 Å². The van der Waals surface area contributed by atoms with E-state index in [9.17, 15) is 9.18 Å². The van der Waals surface area contributed by atoms with E-state index in [0.29, 0.717) is 0 Å². The van der Waals surface area contributed by atoms with Gasteiger partial charge in [0.05, 0.1) is 10.6 Å².